The lowest BCUT2D eigenvalue weighted by Gasteiger charge is -2.36. The molecular weight excluding hydrogens is 240 g/mol. The van der Waals surface area contributed by atoms with Crippen molar-refractivity contribution in [1.82, 2.24) is 10.2 Å². The summed E-state index contributed by atoms with van der Waals surface area (Å²) < 4.78 is 0. The third-order valence-corrected chi connectivity index (χ3v) is 3.95. The van der Waals surface area contributed by atoms with E-state index < -0.39 is 5.54 Å². The zero-order valence-electron chi connectivity index (χ0n) is 9.96. The molecule has 0 radical (unpaired) electrons. The third-order valence-electron chi connectivity index (χ3n) is 3.83. The van der Waals surface area contributed by atoms with Gasteiger partial charge in [0.05, 0.1) is 6.54 Å². The van der Waals surface area contributed by atoms with Crippen molar-refractivity contribution in [1.29, 1.82) is 0 Å². The first-order chi connectivity index (χ1) is 7.97. The number of halogens is 1. The molecule has 2 rings (SSSR count). The van der Waals surface area contributed by atoms with E-state index >= 15 is 0 Å². The Bertz CT molecular complexity index is 383. The summed E-state index contributed by atoms with van der Waals surface area (Å²) in [6.07, 6.45) is 3.80. The zero-order chi connectivity index (χ0) is 12.6. The largest absolute Gasteiger partial charge is 0.325 e. The van der Waals surface area contributed by atoms with Crippen LogP contribution in [0.4, 0.5) is 4.79 Å². The number of amides is 3. The molecule has 2 fully saturated rings. The summed E-state index contributed by atoms with van der Waals surface area (Å²) in [5, 5.41) is 3.16. The van der Waals surface area contributed by atoms with Gasteiger partial charge in [-0.3, -0.25) is 9.69 Å². The first kappa shape index (κ1) is 12.4. The van der Waals surface area contributed by atoms with E-state index in [1.807, 2.05) is 6.92 Å². The Balaban J connectivity index is 2.24. The third kappa shape index (κ3) is 1.95. The second-order valence-corrected chi connectivity index (χ2v) is 5.49. The number of nitrogens with zero attached hydrogens (tertiary/aromatic N) is 1. The van der Waals surface area contributed by atoms with Crippen LogP contribution in [-0.2, 0) is 4.79 Å². The SMILES string of the molecule is C=C(Cl)CN1C(=O)NC2(CCCCC2C)C1=O. The highest BCUT2D eigenvalue weighted by atomic mass is 35.5. The smallest absolute Gasteiger partial charge is 0.323 e. The monoisotopic (exact) mass is 256 g/mol. The average molecular weight is 257 g/mol. The van der Waals surface area contributed by atoms with Crippen molar-refractivity contribution in [3.05, 3.63) is 11.6 Å². The Morgan fingerprint density at radius 1 is 1.59 bits per heavy atom. The normalized spacial score (nSPS) is 33.1. The maximum atomic E-state index is 12.4. The van der Waals surface area contributed by atoms with Gasteiger partial charge in [-0.2, -0.15) is 0 Å². The van der Waals surface area contributed by atoms with Crippen LogP contribution in [0.15, 0.2) is 11.6 Å². The molecule has 2 unspecified atom stereocenters. The predicted octanol–water partition coefficient (Wildman–Crippen LogP) is 2.24. The first-order valence-corrected chi connectivity index (χ1v) is 6.32. The van der Waals surface area contributed by atoms with E-state index in [1.54, 1.807) is 0 Å². The fraction of sp³-hybridized carbons (Fsp3) is 0.667. The molecule has 1 spiro atoms. The number of hydrogen-bond donors (Lipinski definition) is 1. The van der Waals surface area contributed by atoms with Crippen LogP contribution >= 0.6 is 11.6 Å². The van der Waals surface area contributed by atoms with Crippen molar-refractivity contribution in [3.8, 4) is 0 Å². The van der Waals surface area contributed by atoms with E-state index in [0.29, 0.717) is 5.03 Å². The second-order valence-electron chi connectivity index (χ2n) is 4.96. The van der Waals surface area contributed by atoms with Crippen LogP contribution in [-0.4, -0.2) is 28.9 Å². The first-order valence-electron chi connectivity index (χ1n) is 5.95. The Kier molecular flexibility index (Phi) is 3.17. The van der Waals surface area contributed by atoms with Crippen LogP contribution in [0.3, 0.4) is 0 Å². The summed E-state index contributed by atoms with van der Waals surface area (Å²) in [5.74, 6) is 0.0396. The number of urea groups is 1. The molecule has 4 nitrogen and oxygen atoms in total. The number of nitrogens with one attached hydrogen (secondary N) is 1. The molecule has 1 aliphatic heterocycles. The Morgan fingerprint density at radius 3 is 2.88 bits per heavy atom. The summed E-state index contributed by atoms with van der Waals surface area (Å²) >= 11 is 5.68. The van der Waals surface area contributed by atoms with Crippen molar-refractivity contribution < 1.29 is 9.59 Å². The molecule has 1 saturated carbocycles. The Morgan fingerprint density at radius 2 is 2.29 bits per heavy atom. The highest BCUT2D eigenvalue weighted by Crippen LogP contribution is 2.38. The molecule has 0 aromatic rings. The van der Waals surface area contributed by atoms with E-state index in [4.69, 9.17) is 11.6 Å². The van der Waals surface area contributed by atoms with Gasteiger partial charge >= 0.3 is 6.03 Å². The number of carbonyl (C=O) groups is 2. The zero-order valence-corrected chi connectivity index (χ0v) is 10.7. The van der Waals surface area contributed by atoms with Crippen LogP contribution < -0.4 is 5.32 Å². The molecule has 5 heteroatoms. The Labute approximate surface area is 106 Å². The molecule has 94 valence electrons. The lowest BCUT2D eigenvalue weighted by atomic mass is 9.73. The van der Waals surface area contributed by atoms with Crippen LogP contribution in [0.5, 0.6) is 0 Å². The topological polar surface area (TPSA) is 49.4 Å². The van der Waals surface area contributed by atoms with Crippen LogP contribution in [0, 0.1) is 5.92 Å². The average Bonchev–Trinajstić information content (AvgIpc) is 2.48. The molecular formula is C12H17ClN2O2. The van der Waals surface area contributed by atoms with Crippen LogP contribution in [0.2, 0.25) is 0 Å². The molecule has 1 aliphatic carbocycles. The highest BCUT2D eigenvalue weighted by Gasteiger charge is 2.54. The fourth-order valence-electron chi connectivity index (χ4n) is 2.81. The second kappa shape index (κ2) is 4.33. The molecule has 2 atom stereocenters. The van der Waals surface area contributed by atoms with Crippen molar-refractivity contribution in [3.63, 3.8) is 0 Å². The lowest BCUT2D eigenvalue weighted by Crippen LogP contribution is -2.53. The Hall–Kier alpha value is -1.03. The van der Waals surface area contributed by atoms with E-state index in [2.05, 4.69) is 11.9 Å². The van der Waals surface area contributed by atoms with Crippen molar-refractivity contribution in [2.45, 2.75) is 38.1 Å². The molecule has 0 aromatic heterocycles. The van der Waals surface area contributed by atoms with Crippen LogP contribution in [0.1, 0.15) is 32.6 Å². The maximum Gasteiger partial charge on any atom is 0.325 e. The van der Waals surface area contributed by atoms with E-state index in [0.717, 1.165) is 25.7 Å². The van der Waals surface area contributed by atoms with Gasteiger partial charge in [-0.05, 0) is 18.8 Å². The van der Waals surface area contributed by atoms with E-state index in [1.165, 1.54) is 4.90 Å². The minimum absolute atomic E-state index is 0.0979. The molecule has 17 heavy (non-hydrogen) atoms. The minimum Gasteiger partial charge on any atom is -0.323 e. The van der Waals surface area contributed by atoms with Crippen molar-refractivity contribution in [2.75, 3.05) is 6.54 Å². The van der Waals surface area contributed by atoms with Gasteiger partial charge in [0.1, 0.15) is 5.54 Å². The molecule has 0 bridgehead atoms. The number of imide groups is 1. The number of hydrogen-bond acceptors (Lipinski definition) is 2. The summed E-state index contributed by atoms with van der Waals surface area (Å²) in [7, 11) is 0. The number of carbonyl (C=O) groups excluding carboxylic acids is 2. The predicted molar refractivity (Wildman–Crippen MR) is 65.6 cm³/mol. The van der Waals surface area contributed by atoms with E-state index in [-0.39, 0.29) is 24.4 Å². The van der Waals surface area contributed by atoms with Gasteiger partial charge in [-0.1, -0.05) is 37.9 Å². The standard InChI is InChI=1S/C12H17ClN2O2/c1-8-5-3-4-6-12(8)10(16)15(7-9(2)13)11(17)14-12/h8H,2-7H2,1H3,(H,14,17). The summed E-state index contributed by atoms with van der Waals surface area (Å²) in [4.78, 5) is 25.4. The van der Waals surface area contributed by atoms with Gasteiger partial charge in [0, 0.05) is 5.03 Å². The van der Waals surface area contributed by atoms with Gasteiger partial charge in [-0.25, -0.2) is 4.79 Å². The van der Waals surface area contributed by atoms with E-state index in [9.17, 15) is 9.59 Å². The molecule has 0 aromatic carbocycles. The highest BCUT2D eigenvalue weighted by molar-refractivity contribution is 6.30. The van der Waals surface area contributed by atoms with Gasteiger partial charge in [-0.15, -0.1) is 0 Å². The molecule has 1 saturated heterocycles. The summed E-state index contributed by atoms with van der Waals surface area (Å²) in [6, 6.07) is -0.342. The van der Waals surface area contributed by atoms with Gasteiger partial charge in [0.2, 0.25) is 0 Å². The van der Waals surface area contributed by atoms with Gasteiger partial charge in [0.25, 0.3) is 5.91 Å². The molecule has 1 heterocycles. The van der Waals surface area contributed by atoms with Gasteiger partial charge < -0.3 is 5.32 Å². The number of rotatable bonds is 2. The maximum absolute atomic E-state index is 12.4. The van der Waals surface area contributed by atoms with Gasteiger partial charge in [0.15, 0.2) is 0 Å². The summed E-state index contributed by atoms with van der Waals surface area (Å²) in [5.41, 5.74) is -0.693. The molecule has 1 N–H and O–H groups in total. The fourth-order valence-corrected chi connectivity index (χ4v) is 2.93. The van der Waals surface area contributed by atoms with Crippen molar-refractivity contribution >= 4 is 23.5 Å². The lowest BCUT2D eigenvalue weighted by molar-refractivity contribution is -0.133. The molecule has 2 aliphatic rings. The summed E-state index contributed by atoms with van der Waals surface area (Å²) in [6.45, 7) is 5.65. The van der Waals surface area contributed by atoms with Crippen LogP contribution in [0.25, 0.3) is 0 Å². The molecule has 3 amide bonds. The minimum atomic E-state index is -0.693. The van der Waals surface area contributed by atoms with Crippen molar-refractivity contribution in [2.24, 2.45) is 5.92 Å². The quantitative estimate of drug-likeness (QED) is 0.771.